The van der Waals surface area contributed by atoms with E-state index in [0.717, 1.165) is 21.8 Å². The number of pyridine rings is 1. The highest BCUT2D eigenvalue weighted by atomic mass is 16.5. The van der Waals surface area contributed by atoms with Crippen LogP contribution in [0.1, 0.15) is 17.5 Å². The minimum absolute atomic E-state index is 0.0886. The van der Waals surface area contributed by atoms with Crippen LogP contribution in [0.5, 0.6) is 5.75 Å². The van der Waals surface area contributed by atoms with Crippen LogP contribution >= 0.6 is 0 Å². The summed E-state index contributed by atoms with van der Waals surface area (Å²) in [5, 5.41) is 5.33. The summed E-state index contributed by atoms with van der Waals surface area (Å²) in [6, 6.07) is 9.73. The number of amides is 4. The fraction of sp³-hybridized carbons (Fsp3) is 0.300. The van der Waals surface area contributed by atoms with Crippen molar-refractivity contribution < 1.29 is 19.1 Å². The molecule has 4 amide bonds. The Balaban J connectivity index is 1.48. The summed E-state index contributed by atoms with van der Waals surface area (Å²) >= 11 is 0. The number of methoxy groups -OCH3 is 1. The van der Waals surface area contributed by atoms with Crippen molar-refractivity contribution in [3.63, 3.8) is 0 Å². The molecule has 0 unspecified atom stereocenters. The normalized spacial score (nSPS) is 16.0. The van der Waals surface area contributed by atoms with Crippen molar-refractivity contribution in [1.29, 1.82) is 0 Å². The molecule has 0 spiro atoms. The first kappa shape index (κ1) is 19.3. The molecule has 1 atom stereocenters. The van der Waals surface area contributed by atoms with Crippen LogP contribution in [0.15, 0.2) is 48.8 Å². The Morgan fingerprint density at radius 2 is 1.86 bits per heavy atom. The molecule has 28 heavy (non-hydrogen) atoms. The number of urea groups is 1. The number of rotatable bonds is 8. The topological polar surface area (TPSA) is 101 Å². The van der Waals surface area contributed by atoms with Gasteiger partial charge in [0.15, 0.2) is 0 Å². The van der Waals surface area contributed by atoms with E-state index >= 15 is 0 Å². The summed E-state index contributed by atoms with van der Waals surface area (Å²) in [5.74, 6) is 0.0709. The van der Waals surface area contributed by atoms with Gasteiger partial charge in [-0.15, -0.1) is 0 Å². The van der Waals surface area contributed by atoms with E-state index in [1.165, 1.54) is 0 Å². The molecule has 1 aromatic heterocycles. The van der Waals surface area contributed by atoms with E-state index in [0.29, 0.717) is 13.0 Å². The van der Waals surface area contributed by atoms with E-state index < -0.39 is 12.1 Å². The zero-order valence-electron chi connectivity index (χ0n) is 15.6. The Labute approximate surface area is 162 Å². The van der Waals surface area contributed by atoms with E-state index in [-0.39, 0.29) is 24.8 Å². The van der Waals surface area contributed by atoms with Gasteiger partial charge in [0.05, 0.1) is 13.5 Å². The van der Waals surface area contributed by atoms with Crippen LogP contribution in [-0.2, 0) is 22.6 Å². The summed E-state index contributed by atoms with van der Waals surface area (Å²) in [6.45, 7) is 0.601. The molecule has 1 aliphatic heterocycles. The second-order valence-corrected chi connectivity index (χ2v) is 6.43. The van der Waals surface area contributed by atoms with Gasteiger partial charge in [0.25, 0.3) is 5.91 Å². The summed E-state index contributed by atoms with van der Waals surface area (Å²) in [5.41, 5.74) is 1.89. The molecule has 146 valence electrons. The molecule has 2 aromatic rings. The summed E-state index contributed by atoms with van der Waals surface area (Å²) in [6.07, 6.45) is 3.73. The predicted octanol–water partition coefficient (Wildman–Crippen LogP) is 1.26. The van der Waals surface area contributed by atoms with Crippen molar-refractivity contribution in [3.8, 4) is 5.75 Å². The van der Waals surface area contributed by atoms with Crippen molar-refractivity contribution in [2.45, 2.75) is 25.4 Å². The second-order valence-electron chi connectivity index (χ2n) is 6.43. The zero-order valence-corrected chi connectivity index (χ0v) is 15.6. The number of carbonyl (C=O) groups is 3. The van der Waals surface area contributed by atoms with Crippen LogP contribution in [0.4, 0.5) is 4.79 Å². The number of imide groups is 1. The molecule has 2 heterocycles. The number of ether oxygens (including phenoxy) is 1. The summed E-state index contributed by atoms with van der Waals surface area (Å²) in [4.78, 5) is 41.8. The maximum atomic E-state index is 12.5. The molecule has 0 aliphatic carbocycles. The monoisotopic (exact) mass is 382 g/mol. The third-order valence-electron chi connectivity index (χ3n) is 4.52. The largest absolute Gasteiger partial charge is 0.497 e. The average Bonchev–Trinajstić information content (AvgIpc) is 2.98. The Hall–Kier alpha value is -3.42. The van der Waals surface area contributed by atoms with E-state index in [2.05, 4.69) is 15.6 Å². The van der Waals surface area contributed by atoms with E-state index in [9.17, 15) is 14.4 Å². The van der Waals surface area contributed by atoms with Crippen LogP contribution in [0, 0.1) is 0 Å². The Bertz CT molecular complexity index is 839. The highest BCUT2D eigenvalue weighted by Crippen LogP contribution is 2.14. The second kappa shape index (κ2) is 8.98. The minimum Gasteiger partial charge on any atom is -0.497 e. The van der Waals surface area contributed by atoms with Crippen molar-refractivity contribution >= 4 is 17.8 Å². The molecular weight excluding hydrogens is 360 g/mol. The predicted molar refractivity (Wildman–Crippen MR) is 101 cm³/mol. The smallest absolute Gasteiger partial charge is 0.324 e. The SMILES string of the molecule is COc1ccc(CCN2C(=O)N[C@@H](CC(=O)NCc3ccncc3)C2=O)cc1. The lowest BCUT2D eigenvalue weighted by Crippen LogP contribution is -2.36. The standard InChI is InChI=1S/C20H22N4O4/c1-28-16-4-2-14(3-5-16)8-11-24-19(26)17(23-20(24)27)12-18(25)22-13-15-6-9-21-10-7-15/h2-7,9-10,17H,8,11-13H2,1H3,(H,22,25)(H,23,27)/t17-/m0/s1. The molecule has 1 aromatic carbocycles. The number of aromatic nitrogens is 1. The van der Waals surface area contributed by atoms with E-state index in [4.69, 9.17) is 4.74 Å². The number of hydrogen-bond donors (Lipinski definition) is 2. The van der Waals surface area contributed by atoms with Crippen molar-refractivity contribution in [2.24, 2.45) is 0 Å². The molecule has 0 radical (unpaired) electrons. The van der Waals surface area contributed by atoms with Gasteiger partial charge in [-0.25, -0.2) is 4.79 Å². The van der Waals surface area contributed by atoms with Crippen molar-refractivity contribution in [2.75, 3.05) is 13.7 Å². The Morgan fingerprint density at radius 1 is 1.14 bits per heavy atom. The van der Waals surface area contributed by atoms with Gasteiger partial charge in [-0.2, -0.15) is 0 Å². The molecule has 2 N–H and O–H groups in total. The number of carbonyl (C=O) groups excluding carboxylic acids is 3. The van der Waals surface area contributed by atoms with Gasteiger partial charge < -0.3 is 15.4 Å². The van der Waals surface area contributed by atoms with Crippen LogP contribution in [0.2, 0.25) is 0 Å². The minimum atomic E-state index is -0.833. The maximum Gasteiger partial charge on any atom is 0.324 e. The van der Waals surface area contributed by atoms with Gasteiger partial charge in [-0.05, 0) is 41.8 Å². The molecule has 3 rings (SSSR count). The van der Waals surface area contributed by atoms with Gasteiger partial charge in [0, 0.05) is 25.5 Å². The fourth-order valence-corrected chi connectivity index (χ4v) is 2.92. The highest BCUT2D eigenvalue weighted by molar-refractivity contribution is 6.05. The molecule has 0 bridgehead atoms. The first-order valence-corrected chi connectivity index (χ1v) is 8.97. The lowest BCUT2D eigenvalue weighted by Gasteiger charge is -2.13. The number of nitrogens with one attached hydrogen (secondary N) is 2. The molecule has 1 aliphatic rings. The maximum absolute atomic E-state index is 12.5. The zero-order chi connectivity index (χ0) is 19.9. The number of benzene rings is 1. The van der Waals surface area contributed by atoms with Crippen LogP contribution < -0.4 is 15.4 Å². The molecular formula is C20H22N4O4. The summed E-state index contributed by atoms with van der Waals surface area (Å²) < 4.78 is 5.11. The lowest BCUT2D eigenvalue weighted by molar-refractivity contribution is -0.130. The van der Waals surface area contributed by atoms with Gasteiger partial charge in [-0.3, -0.25) is 19.5 Å². The van der Waals surface area contributed by atoms with Crippen molar-refractivity contribution in [1.82, 2.24) is 20.5 Å². The molecule has 8 nitrogen and oxygen atoms in total. The molecule has 0 saturated carbocycles. The van der Waals surface area contributed by atoms with E-state index in [1.54, 1.807) is 31.6 Å². The van der Waals surface area contributed by atoms with Gasteiger partial charge >= 0.3 is 6.03 Å². The number of nitrogens with zero attached hydrogens (tertiary/aromatic N) is 2. The summed E-state index contributed by atoms with van der Waals surface area (Å²) in [7, 11) is 1.59. The molecule has 1 fully saturated rings. The first-order chi connectivity index (χ1) is 13.6. The molecule has 1 saturated heterocycles. The Morgan fingerprint density at radius 3 is 2.54 bits per heavy atom. The van der Waals surface area contributed by atoms with Gasteiger partial charge in [0.1, 0.15) is 11.8 Å². The third-order valence-corrected chi connectivity index (χ3v) is 4.52. The quantitative estimate of drug-likeness (QED) is 0.670. The Kier molecular flexibility index (Phi) is 6.21. The fourth-order valence-electron chi connectivity index (χ4n) is 2.92. The highest BCUT2D eigenvalue weighted by Gasteiger charge is 2.38. The lowest BCUT2D eigenvalue weighted by atomic mass is 10.1. The average molecular weight is 382 g/mol. The van der Waals surface area contributed by atoms with Crippen LogP contribution in [0.3, 0.4) is 0 Å². The number of hydrogen-bond acceptors (Lipinski definition) is 5. The molecule has 8 heteroatoms. The first-order valence-electron chi connectivity index (χ1n) is 8.97. The van der Waals surface area contributed by atoms with Crippen LogP contribution in [0.25, 0.3) is 0 Å². The van der Waals surface area contributed by atoms with Crippen molar-refractivity contribution in [3.05, 3.63) is 59.9 Å². The van der Waals surface area contributed by atoms with Gasteiger partial charge in [-0.1, -0.05) is 12.1 Å². The third kappa shape index (κ3) is 4.85. The van der Waals surface area contributed by atoms with E-state index in [1.807, 2.05) is 24.3 Å². The van der Waals surface area contributed by atoms with Gasteiger partial charge in [0.2, 0.25) is 5.91 Å². The van der Waals surface area contributed by atoms with Crippen LogP contribution in [-0.4, -0.2) is 47.4 Å².